The first-order chi connectivity index (χ1) is 13.2. The van der Waals surface area contributed by atoms with Crippen LogP contribution >= 0.6 is 0 Å². The molecule has 3 rings (SSSR count). The van der Waals surface area contributed by atoms with Gasteiger partial charge in [-0.15, -0.1) is 0 Å². The van der Waals surface area contributed by atoms with E-state index < -0.39 is 0 Å². The molecule has 6 nitrogen and oxygen atoms in total. The SMILES string of the molecule is COc1ccccc1-c1cc(=O)n(CC(=O)NCCc2ccccc2)cn1. The van der Waals surface area contributed by atoms with E-state index in [1.54, 1.807) is 7.11 Å². The number of nitrogens with zero attached hydrogens (tertiary/aromatic N) is 2. The maximum absolute atomic E-state index is 12.3. The summed E-state index contributed by atoms with van der Waals surface area (Å²) in [6.45, 7) is 0.456. The Hall–Kier alpha value is -3.41. The Kier molecular flexibility index (Phi) is 5.99. The third kappa shape index (κ3) is 4.82. The number of carbonyl (C=O) groups excluding carboxylic acids is 1. The maximum Gasteiger partial charge on any atom is 0.254 e. The largest absolute Gasteiger partial charge is 0.496 e. The molecule has 0 atom stereocenters. The van der Waals surface area contributed by atoms with Crippen molar-refractivity contribution in [3.8, 4) is 17.0 Å². The highest BCUT2D eigenvalue weighted by Gasteiger charge is 2.10. The number of ether oxygens (including phenoxy) is 1. The fourth-order valence-corrected chi connectivity index (χ4v) is 2.75. The van der Waals surface area contributed by atoms with E-state index >= 15 is 0 Å². The maximum atomic E-state index is 12.3. The van der Waals surface area contributed by atoms with Crippen molar-refractivity contribution in [2.75, 3.05) is 13.7 Å². The smallest absolute Gasteiger partial charge is 0.254 e. The number of methoxy groups -OCH3 is 1. The fraction of sp³-hybridized carbons (Fsp3) is 0.190. The first kappa shape index (κ1) is 18.4. The van der Waals surface area contributed by atoms with E-state index in [2.05, 4.69) is 10.3 Å². The van der Waals surface area contributed by atoms with Crippen LogP contribution < -0.4 is 15.6 Å². The van der Waals surface area contributed by atoms with Crippen LogP contribution in [-0.2, 0) is 17.8 Å². The monoisotopic (exact) mass is 363 g/mol. The number of benzene rings is 2. The molecule has 0 saturated heterocycles. The van der Waals surface area contributed by atoms with E-state index in [4.69, 9.17) is 4.74 Å². The molecule has 0 aliphatic heterocycles. The third-order valence-corrected chi connectivity index (χ3v) is 4.16. The van der Waals surface area contributed by atoms with E-state index in [-0.39, 0.29) is 18.0 Å². The van der Waals surface area contributed by atoms with Crippen LogP contribution in [0.3, 0.4) is 0 Å². The Balaban J connectivity index is 1.62. The second-order valence-corrected chi connectivity index (χ2v) is 6.03. The topological polar surface area (TPSA) is 73.2 Å². The Bertz CT molecular complexity index is 968. The number of rotatable bonds is 7. The van der Waals surface area contributed by atoms with Gasteiger partial charge in [-0.2, -0.15) is 0 Å². The molecule has 1 heterocycles. The molecule has 0 bridgehead atoms. The highest BCUT2D eigenvalue weighted by atomic mass is 16.5. The molecule has 0 aliphatic carbocycles. The van der Waals surface area contributed by atoms with Crippen LogP contribution in [0.4, 0.5) is 0 Å². The summed E-state index contributed by atoms with van der Waals surface area (Å²) in [5.74, 6) is 0.417. The number of amides is 1. The normalized spacial score (nSPS) is 10.4. The Labute approximate surface area is 157 Å². The molecular formula is C21H21N3O3. The van der Waals surface area contributed by atoms with Crippen molar-refractivity contribution >= 4 is 5.91 Å². The van der Waals surface area contributed by atoms with Gasteiger partial charge in [0.05, 0.1) is 19.1 Å². The van der Waals surface area contributed by atoms with E-state index in [1.165, 1.54) is 17.0 Å². The molecule has 1 amide bonds. The van der Waals surface area contributed by atoms with Crippen LogP contribution in [0.5, 0.6) is 5.75 Å². The summed E-state index contributed by atoms with van der Waals surface area (Å²) < 4.78 is 6.59. The Morgan fingerprint density at radius 3 is 2.59 bits per heavy atom. The summed E-state index contributed by atoms with van der Waals surface area (Å²) in [6.07, 6.45) is 2.13. The van der Waals surface area contributed by atoms with E-state index in [1.807, 2.05) is 54.6 Å². The molecule has 6 heteroatoms. The van der Waals surface area contributed by atoms with Gasteiger partial charge in [0, 0.05) is 18.2 Å². The van der Waals surface area contributed by atoms with Crippen molar-refractivity contribution in [3.63, 3.8) is 0 Å². The first-order valence-corrected chi connectivity index (χ1v) is 8.68. The summed E-state index contributed by atoms with van der Waals surface area (Å²) in [6, 6.07) is 18.7. The Morgan fingerprint density at radius 2 is 1.85 bits per heavy atom. The highest BCUT2D eigenvalue weighted by molar-refractivity contribution is 5.75. The van der Waals surface area contributed by atoms with Gasteiger partial charge >= 0.3 is 0 Å². The highest BCUT2D eigenvalue weighted by Crippen LogP contribution is 2.26. The Morgan fingerprint density at radius 1 is 1.11 bits per heavy atom. The zero-order chi connectivity index (χ0) is 19.1. The lowest BCUT2D eigenvalue weighted by molar-refractivity contribution is -0.121. The second-order valence-electron chi connectivity index (χ2n) is 6.03. The van der Waals surface area contributed by atoms with Gasteiger partial charge in [0.15, 0.2) is 0 Å². The number of hydrogen-bond donors (Lipinski definition) is 1. The quantitative estimate of drug-likeness (QED) is 0.699. The number of nitrogens with one attached hydrogen (secondary N) is 1. The molecule has 0 aliphatic rings. The molecule has 138 valence electrons. The van der Waals surface area contributed by atoms with Crippen LogP contribution in [-0.4, -0.2) is 29.1 Å². The van der Waals surface area contributed by atoms with Crippen molar-refractivity contribution in [1.29, 1.82) is 0 Å². The van der Waals surface area contributed by atoms with Crippen LogP contribution in [0.2, 0.25) is 0 Å². The molecule has 27 heavy (non-hydrogen) atoms. The zero-order valence-corrected chi connectivity index (χ0v) is 15.1. The van der Waals surface area contributed by atoms with Crippen molar-refractivity contribution in [3.05, 3.63) is 82.9 Å². The minimum absolute atomic E-state index is 0.0627. The summed E-state index contributed by atoms with van der Waals surface area (Å²) in [7, 11) is 1.57. The van der Waals surface area contributed by atoms with Crippen molar-refractivity contribution in [1.82, 2.24) is 14.9 Å². The molecule has 0 saturated carbocycles. The minimum atomic E-state index is -0.288. The average Bonchev–Trinajstić information content (AvgIpc) is 2.70. The average molecular weight is 363 g/mol. The van der Waals surface area contributed by atoms with Gasteiger partial charge in [-0.25, -0.2) is 4.98 Å². The van der Waals surface area contributed by atoms with E-state index in [0.717, 1.165) is 17.5 Å². The van der Waals surface area contributed by atoms with E-state index in [0.29, 0.717) is 18.0 Å². The van der Waals surface area contributed by atoms with Gasteiger partial charge in [0.2, 0.25) is 5.91 Å². The molecule has 3 aromatic rings. The molecule has 0 fully saturated rings. The number of carbonyl (C=O) groups is 1. The first-order valence-electron chi connectivity index (χ1n) is 8.68. The second kappa shape index (κ2) is 8.80. The minimum Gasteiger partial charge on any atom is -0.496 e. The van der Waals surface area contributed by atoms with Gasteiger partial charge in [-0.1, -0.05) is 42.5 Å². The predicted molar refractivity (Wildman–Crippen MR) is 104 cm³/mol. The fourth-order valence-electron chi connectivity index (χ4n) is 2.75. The number of para-hydroxylation sites is 1. The third-order valence-electron chi connectivity index (χ3n) is 4.16. The molecule has 0 spiro atoms. The van der Waals surface area contributed by atoms with Crippen molar-refractivity contribution in [2.24, 2.45) is 0 Å². The standard InChI is InChI=1S/C21H21N3O3/c1-27-19-10-6-5-9-17(19)18-13-21(26)24(15-23-18)14-20(25)22-12-11-16-7-3-2-4-8-16/h2-10,13,15H,11-12,14H2,1H3,(H,22,25). The summed E-state index contributed by atoms with van der Waals surface area (Å²) in [5.41, 5.74) is 2.11. The van der Waals surface area contributed by atoms with Crippen molar-refractivity contribution < 1.29 is 9.53 Å². The molecule has 2 aromatic carbocycles. The van der Waals surface area contributed by atoms with Gasteiger partial charge in [0.1, 0.15) is 12.3 Å². The van der Waals surface area contributed by atoms with Crippen LogP contribution in [0, 0.1) is 0 Å². The van der Waals surface area contributed by atoms with Crippen LogP contribution in [0.25, 0.3) is 11.3 Å². The molecular weight excluding hydrogens is 342 g/mol. The molecule has 1 aromatic heterocycles. The van der Waals surface area contributed by atoms with Gasteiger partial charge in [-0.3, -0.25) is 14.2 Å². The lowest BCUT2D eigenvalue weighted by atomic mass is 10.1. The lowest BCUT2D eigenvalue weighted by Gasteiger charge is -2.10. The zero-order valence-electron chi connectivity index (χ0n) is 15.1. The predicted octanol–water partition coefficient (Wildman–Crippen LogP) is 2.28. The van der Waals surface area contributed by atoms with Gasteiger partial charge in [-0.05, 0) is 24.1 Å². The van der Waals surface area contributed by atoms with Crippen molar-refractivity contribution in [2.45, 2.75) is 13.0 Å². The number of hydrogen-bond acceptors (Lipinski definition) is 4. The summed E-state index contributed by atoms with van der Waals surface area (Å²) in [4.78, 5) is 28.7. The van der Waals surface area contributed by atoms with Gasteiger partial charge < -0.3 is 10.1 Å². The van der Waals surface area contributed by atoms with E-state index in [9.17, 15) is 9.59 Å². The molecule has 0 unspecified atom stereocenters. The number of aromatic nitrogens is 2. The van der Waals surface area contributed by atoms with Crippen LogP contribution in [0.1, 0.15) is 5.56 Å². The van der Waals surface area contributed by atoms with Crippen LogP contribution in [0.15, 0.2) is 71.8 Å². The summed E-state index contributed by atoms with van der Waals surface area (Å²) >= 11 is 0. The molecule has 1 N–H and O–H groups in total. The summed E-state index contributed by atoms with van der Waals surface area (Å²) in [5, 5.41) is 2.82. The molecule has 0 radical (unpaired) electrons. The lowest BCUT2D eigenvalue weighted by Crippen LogP contribution is -2.33. The van der Waals surface area contributed by atoms with Gasteiger partial charge in [0.25, 0.3) is 5.56 Å².